The first-order valence-electron chi connectivity index (χ1n) is 7.21. The molecule has 0 unspecified atom stereocenters. The molecule has 0 saturated carbocycles. The Morgan fingerprint density at radius 2 is 1.75 bits per heavy atom. The largest absolute Gasteiger partial charge is 0.481 e. The van der Waals surface area contributed by atoms with E-state index in [9.17, 15) is 4.79 Å². The SMILES string of the molecule is Cc1ccc(-c2nc(SCC(=O)O)oc2-c2ccc(Cl)cc2)cc1. The van der Waals surface area contributed by atoms with E-state index in [0.717, 1.165) is 28.5 Å². The first-order chi connectivity index (χ1) is 11.5. The monoisotopic (exact) mass is 359 g/mol. The van der Waals surface area contributed by atoms with Gasteiger partial charge in [-0.2, -0.15) is 0 Å². The molecular weight excluding hydrogens is 346 g/mol. The molecule has 0 aliphatic heterocycles. The number of carbonyl (C=O) groups is 1. The Kier molecular flexibility index (Phi) is 4.92. The normalized spacial score (nSPS) is 10.8. The fourth-order valence-electron chi connectivity index (χ4n) is 2.19. The first-order valence-corrected chi connectivity index (χ1v) is 8.57. The number of aromatic nitrogens is 1. The van der Waals surface area contributed by atoms with Crippen LogP contribution in [0.15, 0.2) is 58.2 Å². The summed E-state index contributed by atoms with van der Waals surface area (Å²) in [5, 5.41) is 9.81. The van der Waals surface area contributed by atoms with Crippen LogP contribution in [-0.4, -0.2) is 21.8 Å². The van der Waals surface area contributed by atoms with Crippen LogP contribution in [0.1, 0.15) is 5.56 Å². The molecule has 1 N–H and O–H groups in total. The van der Waals surface area contributed by atoms with Gasteiger partial charge in [0, 0.05) is 16.1 Å². The van der Waals surface area contributed by atoms with Crippen molar-refractivity contribution >= 4 is 29.3 Å². The molecule has 3 rings (SSSR count). The molecule has 1 heterocycles. The van der Waals surface area contributed by atoms with Crippen LogP contribution in [0.5, 0.6) is 0 Å². The number of hydrogen-bond donors (Lipinski definition) is 1. The molecule has 0 aliphatic carbocycles. The summed E-state index contributed by atoms with van der Waals surface area (Å²) in [6, 6.07) is 15.2. The van der Waals surface area contributed by atoms with Gasteiger partial charge in [0.2, 0.25) is 0 Å². The van der Waals surface area contributed by atoms with Gasteiger partial charge in [0.25, 0.3) is 5.22 Å². The van der Waals surface area contributed by atoms with Crippen LogP contribution in [-0.2, 0) is 4.79 Å². The smallest absolute Gasteiger partial charge is 0.314 e. The molecule has 0 aliphatic rings. The molecule has 0 radical (unpaired) electrons. The van der Waals surface area contributed by atoms with Gasteiger partial charge in [-0.25, -0.2) is 4.98 Å². The van der Waals surface area contributed by atoms with Crippen LogP contribution in [0, 0.1) is 6.92 Å². The molecular formula is C18H14ClNO3S. The maximum Gasteiger partial charge on any atom is 0.314 e. The van der Waals surface area contributed by atoms with E-state index in [1.54, 1.807) is 12.1 Å². The maximum absolute atomic E-state index is 10.8. The van der Waals surface area contributed by atoms with E-state index >= 15 is 0 Å². The zero-order valence-electron chi connectivity index (χ0n) is 12.8. The van der Waals surface area contributed by atoms with Gasteiger partial charge in [0.05, 0.1) is 0 Å². The fourth-order valence-corrected chi connectivity index (χ4v) is 2.86. The summed E-state index contributed by atoms with van der Waals surface area (Å²) in [6.45, 7) is 2.01. The molecule has 0 amide bonds. The summed E-state index contributed by atoms with van der Waals surface area (Å²) in [4.78, 5) is 15.3. The van der Waals surface area contributed by atoms with Crippen molar-refractivity contribution in [2.45, 2.75) is 12.1 Å². The van der Waals surface area contributed by atoms with E-state index in [1.807, 2.05) is 43.3 Å². The molecule has 4 nitrogen and oxygen atoms in total. The van der Waals surface area contributed by atoms with Gasteiger partial charge in [-0.15, -0.1) is 0 Å². The molecule has 3 aromatic rings. The predicted molar refractivity (Wildman–Crippen MR) is 95.5 cm³/mol. The number of carboxylic acids is 1. The van der Waals surface area contributed by atoms with Crippen molar-refractivity contribution in [3.05, 3.63) is 59.1 Å². The van der Waals surface area contributed by atoms with E-state index in [0.29, 0.717) is 21.7 Å². The average Bonchev–Trinajstić information content (AvgIpc) is 2.98. The van der Waals surface area contributed by atoms with Gasteiger partial charge < -0.3 is 9.52 Å². The lowest BCUT2D eigenvalue weighted by Gasteiger charge is -2.02. The van der Waals surface area contributed by atoms with E-state index in [4.69, 9.17) is 21.1 Å². The van der Waals surface area contributed by atoms with Crippen LogP contribution in [0.25, 0.3) is 22.6 Å². The summed E-state index contributed by atoms with van der Waals surface area (Å²) in [5.74, 6) is -0.417. The number of nitrogens with zero attached hydrogens (tertiary/aromatic N) is 1. The van der Waals surface area contributed by atoms with Gasteiger partial charge in [0.15, 0.2) is 5.76 Å². The van der Waals surface area contributed by atoms with Crippen LogP contribution < -0.4 is 0 Å². The number of hydrogen-bond acceptors (Lipinski definition) is 4. The van der Waals surface area contributed by atoms with Crippen molar-refractivity contribution in [3.8, 4) is 22.6 Å². The summed E-state index contributed by atoms with van der Waals surface area (Å²) in [7, 11) is 0. The summed E-state index contributed by atoms with van der Waals surface area (Å²) >= 11 is 7.00. The van der Waals surface area contributed by atoms with Crippen molar-refractivity contribution in [1.82, 2.24) is 4.98 Å². The third-order valence-corrected chi connectivity index (χ3v) is 4.42. The minimum Gasteiger partial charge on any atom is -0.481 e. The summed E-state index contributed by atoms with van der Waals surface area (Å²) < 4.78 is 5.82. The maximum atomic E-state index is 10.8. The lowest BCUT2D eigenvalue weighted by Crippen LogP contribution is -1.97. The quantitative estimate of drug-likeness (QED) is 0.638. The van der Waals surface area contributed by atoms with Gasteiger partial charge in [-0.05, 0) is 31.2 Å². The minimum absolute atomic E-state index is 0.103. The highest BCUT2D eigenvalue weighted by molar-refractivity contribution is 7.99. The van der Waals surface area contributed by atoms with Crippen molar-refractivity contribution in [1.29, 1.82) is 0 Å². The van der Waals surface area contributed by atoms with Crippen LogP contribution in [0.2, 0.25) is 5.02 Å². The molecule has 24 heavy (non-hydrogen) atoms. The highest BCUT2D eigenvalue weighted by Crippen LogP contribution is 2.36. The Labute approximate surface area is 148 Å². The van der Waals surface area contributed by atoms with E-state index in [-0.39, 0.29) is 5.75 Å². The number of rotatable bonds is 5. The van der Waals surface area contributed by atoms with E-state index < -0.39 is 5.97 Å². The number of oxazole rings is 1. The zero-order chi connectivity index (χ0) is 17.1. The van der Waals surface area contributed by atoms with Crippen LogP contribution in [0.4, 0.5) is 0 Å². The molecule has 0 atom stereocenters. The first kappa shape index (κ1) is 16.6. The zero-order valence-corrected chi connectivity index (χ0v) is 14.4. The Hall–Kier alpha value is -2.24. The van der Waals surface area contributed by atoms with Gasteiger partial charge in [-0.1, -0.05) is 53.2 Å². The van der Waals surface area contributed by atoms with Gasteiger partial charge in [-0.3, -0.25) is 4.79 Å². The Morgan fingerprint density at radius 3 is 2.38 bits per heavy atom. The second-order valence-corrected chi connectivity index (χ2v) is 6.58. The second kappa shape index (κ2) is 7.11. The Balaban J connectivity index is 2.05. The highest BCUT2D eigenvalue weighted by Gasteiger charge is 2.18. The number of thioether (sulfide) groups is 1. The molecule has 0 bridgehead atoms. The lowest BCUT2D eigenvalue weighted by atomic mass is 10.0. The van der Waals surface area contributed by atoms with Crippen LogP contribution >= 0.6 is 23.4 Å². The standard InChI is InChI=1S/C18H14ClNO3S/c1-11-2-4-12(5-3-11)16-17(13-6-8-14(19)9-7-13)23-18(20-16)24-10-15(21)22/h2-9H,10H2,1H3,(H,21,22). The molecule has 6 heteroatoms. The Morgan fingerprint density at radius 1 is 1.12 bits per heavy atom. The average molecular weight is 360 g/mol. The summed E-state index contributed by atoms with van der Waals surface area (Å²) in [6.07, 6.45) is 0. The molecule has 0 fully saturated rings. The Bertz CT molecular complexity index is 794. The number of carboxylic acid groups (broad SMARTS) is 1. The fraction of sp³-hybridized carbons (Fsp3) is 0.111. The van der Waals surface area contributed by atoms with Crippen molar-refractivity contribution in [2.75, 3.05) is 5.75 Å². The molecule has 2 aromatic carbocycles. The third-order valence-electron chi connectivity index (χ3n) is 3.36. The second-order valence-electron chi connectivity index (χ2n) is 5.21. The van der Waals surface area contributed by atoms with E-state index in [2.05, 4.69) is 4.98 Å². The van der Waals surface area contributed by atoms with Crippen molar-refractivity contribution < 1.29 is 14.3 Å². The van der Waals surface area contributed by atoms with Crippen molar-refractivity contribution in [3.63, 3.8) is 0 Å². The number of halogens is 1. The minimum atomic E-state index is -0.914. The lowest BCUT2D eigenvalue weighted by molar-refractivity contribution is -0.133. The molecule has 0 saturated heterocycles. The molecule has 1 aromatic heterocycles. The number of benzene rings is 2. The predicted octanol–water partition coefficient (Wildman–Crippen LogP) is 5.15. The topological polar surface area (TPSA) is 63.3 Å². The van der Waals surface area contributed by atoms with Crippen LogP contribution in [0.3, 0.4) is 0 Å². The number of aliphatic carboxylic acids is 1. The third kappa shape index (κ3) is 3.80. The highest BCUT2D eigenvalue weighted by atomic mass is 35.5. The summed E-state index contributed by atoms with van der Waals surface area (Å²) in [5.41, 5.74) is 3.59. The molecule has 0 spiro atoms. The number of aryl methyl sites for hydroxylation is 1. The van der Waals surface area contributed by atoms with E-state index in [1.165, 1.54) is 0 Å². The van der Waals surface area contributed by atoms with Gasteiger partial charge >= 0.3 is 5.97 Å². The van der Waals surface area contributed by atoms with Gasteiger partial charge in [0.1, 0.15) is 11.4 Å². The van der Waals surface area contributed by atoms with Crippen molar-refractivity contribution in [2.24, 2.45) is 0 Å². The molecule has 122 valence electrons.